The van der Waals surface area contributed by atoms with Crippen molar-refractivity contribution in [1.82, 2.24) is 14.9 Å². The van der Waals surface area contributed by atoms with Gasteiger partial charge >= 0.3 is 0 Å². The van der Waals surface area contributed by atoms with Gasteiger partial charge in [-0.1, -0.05) is 42.8 Å². The molecule has 0 atom stereocenters. The van der Waals surface area contributed by atoms with E-state index in [1.807, 2.05) is 54.1 Å². The van der Waals surface area contributed by atoms with Crippen LogP contribution < -0.4 is 14.9 Å². The summed E-state index contributed by atoms with van der Waals surface area (Å²) in [5.74, 6) is 2.30. The molecule has 2 N–H and O–H groups in total. The largest absolute Gasteiger partial charge is 0.490 e. The highest BCUT2D eigenvalue weighted by Crippen LogP contribution is 2.32. The van der Waals surface area contributed by atoms with Crippen LogP contribution in [0.5, 0.6) is 11.5 Å². The fraction of sp³-hybridized carbons (Fsp3) is 0.333. The van der Waals surface area contributed by atoms with Gasteiger partial charge < -0.3 is 14.9 Å². The maximum Gasteiger partial charge on any atom is 0.214 e. The number of ether oxygens (including phenoxy) is 2. The van der Waals surface area contributed by atoms with Crippen molar-refractivity contribution in [3.63, 3.8) is 0 Å². The molecule has 0 radical (unpaired) electrons. The van der Waals surface area contributed by atoms with Crippen molar-refractivity contribution in [3.8, 4) is 11.5 Å². The van der Waals surface area contributed by atoms with Crippen LogP contribution in [0.2, 0.25) is 5.02 Å². The number of hydrogen-bond donors (Lipinski definition) is 2. The van der Waals surface area contributed by atoms with E-state index in [9.17, 15) is 0 Å². The van der Waals surface area contributed by atoms with Crippen molar-refractivity contribution >= 4 is 23.8 Å². The lowest BCUT2D eigenvalue weighted by molar-refractivity contribution is 0.267. The molecule has 154 valence electrons. The van der Waals surface area contributed by atoms with E-state index in [0.717, 1.165) is 29.8 Å². The quantitative estimate of drug-likeness (QED) is 0.427. The Balaban J connectivity index is 1.80. The summed E-state index contributed by atoms with van der Waals surface area (Å²) in [4.78, 5) is 0. The maximum absolute atomic E-state index is 6.16. The van der Waals surface area contributed by atoms with Gasteiger partial charge in [0.15, 0.2) is 17.3 Å². The SMILES string of the molecule is CCCc1n[nH]c(=S)n1NCc1cccc(OCC)c1OCc1ccc(Cl)cc1. The first-order valence-corrected chi connectivity index (χ1v) is 10.4. The van der Waals surface area contributed by atoms with Gasteiger partial charge in [-0.05, 0) is 49.3 Å². The Kier molecular flexibility index (Phi) is 7.55. The smallest absolute Gasteiger partial charge is 0.214 e. The molecule has 0 saturated carbocycles. The summed E-state index contributed by atoms with van der Waals surface area (Å²) < 4.78 is 14.3. The van der Waals surface area contributed by atoms with Gasteiger partial charge in [0.2, 0.25) is 4.77 Å². The number of H-pyrrole nitrogens is 1. The molecule has 0 aliphatic rings. The normalized spacial score (nSPS) is 10.7. The van der Waals surface area contributed by atoms with Crippen molar-refractivity contribution in [2.24, 2.45) is 0 Å². The molecule has 0 spiro atoms. The van der Waals surface area contributed by atoms with E-state index < -0.39 is 0 Å². The van der Waals surface area contributed by atoms with Crippen molar-refractivity contribution in [1.29, 1.82) is 0 Å². The van der Waals surface area contributed by atoms with E-state index in [0.29, 0.717) is 41.1 Å². The summed E-state index contributed by atoms with van der Waals surface area (Å²) >= 11 is 11.3. The van der Waals surface area contributed by atoms with Gasteiger partial charge in [-0.2, -0.15) is 5.10 Å². The average Bonchev–Trinajstić information content (AvgIpc) is 3.07. The molecule has 0 fully saturated rings. The molecule has 6 nitrogen and oxygen atoms in total. The predicted molar refractivity (Wildman–Crippen MR) is 118 cm³/mol. The van der Waals surface area contributed by atoms with Crippen LogP contribution in [0.1, 0.15) is 37.2 Å². The summed E-state index contributed by atoms with van der Waals surface area (Å²) in [5.41, 5.74) is 5.34. The maximum atomic E-state index is 6.16. The van der Waals surface area contributed by atoms with Gasteiger partial charge in [0.1, 0.15) is 6.61 Å². The Hall–Kier alpha value is -2.51. The molecule has 29 heavy (non-hydrogen) atoms. The Bertz CT molecular complexity index is 985. The van der Waals surface area contributed by atoms with Crippen molar-refractivity contribution < 1.29 is 9.47 Å². The van der Waals surface area contributed by atoms with Crippen LogP contribution in [0.15, 0.2) is 42.5 Å². The van der Waals surface area contributed by atoms with Crippen LogP contribution in [0.25, 0.3) is 0 Å². The highest BCUT2D eigenvalue weighted by Gasteiger charge is 2.13. The Morgan fingerprint density at radius 3 is 2.66 bits per heavy atom. The first-order valence-electron chi connectivity index (χ1n) is 9.64. The second-order valence-electron chi connectivity index (χ2n) is 6.46. The fourth-order valence-corrected chi connectivity index (χ4v) is 3.26. The first-order chi connectivity index (χ1) is 14.1. The number of nitrogens with one attached hydrogen (secondary N) is 2. The number of rotatable bonds is 10. The minimum absolute atomic E-state index is 0.417. The zero-order valence-corrected chi connectivity index (χ0v) is 18.1. The summed E-state index contributed by atoms with van der Waals surface area (Å²) in [6, 6.07) is 13.5. The van der Waals surface area contributed by atoms with E-state index >= 15 is 0 Å². The number of aromatic nitrogens is 3. The second kappa shape index (κ2) is 10.3. The monoisotopic (exact) mass is 432 g/mol. The highest BCUT2D eigenvalue weighted by atomic mass is 35.5. The van der Waals surface area contributed by atoms with Gasteiger partial charge in [-0.25, -0.2) is 4.68 Å². The van der Waals surface area contributed by atoms with Crippen LogP contribution in [-0.4, -0.2) is 21.5 Å². The molecule has 8 heteroatoms. The summed E-state index contributed by atoms with van der Waals surface area (Å²) in [6.45, 7) is 5.55. The topological polar surface area (TPSA) is 64.1 Å². The van der Waals surface area contributed by atoms with E-state index in [4.69, 9.17) is 33.3 Å². The molecule has 2 aromatic carbocycles. The molecule has 0 aliphatic heterocycles. The van der Waals surface area contributed by atoms with Crippen LogP contribution in [0.4, 0.5) is 0 Å². The molecule has 0 saturated heterocycles. The third-order valence-electron chi connectivity index (χ3n) is 4.30. The van der Waals surface area contributed by atoms with Crippen LogP contribution in [-0.2, 0) is 19.6 Å². The second-order valence-corrected chi connectivity index (χ2v) is 7.28. The van der Waals surface area contributed by atoms with E-state index in [1.54, 1.807) is 0 Å². The van der Waals surface area contributed by atoms with E-state index in [2.05, 4.69) is 22.5 Å². The molecule has 1 heterocycles. The lowest BCUT2D eigenvalue weighted by Crippen LogP contribution is -2.18. The zero-order chi connectivity index (χ0) is 20.6. The summed E-state index contributed by atoms with van der Waals surface area (Å²) in [6.07, 6.45) is 1.82. The lowest BCUT2D eigenvalue weighted by atomic mass is 10.2. The molecule has 0 bridgehead atoms. The number of hydrogen-bond acceptors (Lipinski definition) is 5. The lowest BCUT2D eigenvalue weighted by Gasteiger charge is -2.17. The van der Waals surface area contributed by atoms with Crippen molar-refractivity contribution in [2.75, 3.05) is 12.0 Å². The first kappa shape index (κ1) is 21.2. The molecule has 0 unspecified atom stereocenters. The van der Waals surface area contributed by atoms with Gasteiger partial charge in [0.05, 0.1) is 13.2 Å². The molecular formula is C21H25ClN4O2S. The van der Waals surface area contributed by atoms with Gasteiger partial charge in [-0.15, -0.1) is 0 Å². The molecule has 1 aromatic heterocycles. The Morgan fingerprint density at radius 1 is 1.14 bits per heavy atom. The van der Waals surface area contributed by atoms with Gasteiger partial charge in [0.25, 0.3) is 0 Å². The molecule has 0 aliphatic carbocycles. The van der Waals surface area contributed by atoms with Crippen LogP contribution in [0.3, 0.4) is 0 Å². The highest BCUT2D eigenvalue weighted by molar-refractivity contribution is 7.71. The number of nitrogens with zero attached hydrogens (tertiary/aromatic N) is 2. The fourth-order valence-electron chi connectivity index (χ4n) is 2.92. The molecule has 0 amide bonds. The van der Waals surface area contributed by atoms with Gasteiger partial charge in [0, 0.05) is 17.0 Å². The zero-order valence-electron chi connectivity index (χ0n) is 16.6. The average molecular weight is 433 g/mol. The Morgan fingerprint density at radius 2 is 1.93 bits per heavy atom. The number of aromatic amines is 1. The molecular weight excluding hydrogens is 408 g/mol. The van der Waals surface area contributed by atoms with E-state index in [-0.39, 0.29) is 0 Å². The number of aryl methyl sites for hydroxylation is 1. The van der Waals surface area contributed by atoms with Crippen LogP contribution >= 0.6 is 23.8 Å². The van der Waals surface area contributed by atoms with E-state index in [1.165, 1.54) is 0 Å². The number of benzene rings is 2. The summed E-state index contributed by atoms with van der Waals surface area (Å²) in [5, 5.41) is 7.83. The predicted octanol–water partition coefficient (Wildman–Crippen LogP) is 5.27. The standard InChI is InChI=1S/C21H25ClN4O2S/c1-3-6-19-24-25-21(29)26(19)23-13-16-7-5-8-18(27-4-2)20(16)28-14-15-9-11-17(22)12-10-15/h5,7-12,23H,3-4,6,13-14H2,1-2H3,(H,25,29). The van der Waals surface area contributed by atoms with Gasteiger partial charge in [-0.3, -0.25) is 5.10 Å². The number of para-hydroxylation sites is 1. The third-order valence-corrected chi connectivity index (χ3v) is 4.83. The number of halogens is 1. The summed E-state index contributed by atoms with van der Waals surface area (Å²) in [7, 11) is 0. The Labute approximate surface area is 180 Å². The van der Waals surface area contributed by atoms with Crippen molar-refractivity contribution in [2.45, 2.75) is 39.8 Å². The third kappa shape index (κ3) is 5.52. The minimum atomic E-state index is 0.417. The minimum Gasteiger partial charge on any atom is -0.490 e. The van der Waals surface area contributed by atoms with Crippen LogP contribution in [0, 0.1) is 4.77 Å². The molecule has 3 rings (SSSR count). The van der Waals surface area contributed by atoms with Crippen molar-refractivity contribution in [3.05, 3.63) is 69.2 Å². The molecule has 3 aromatic rings.